The van der Waals surface area contributed by atoms with E-state index in [-0.39, 0.29) is 5.41 Å². The quantitative estimate of drug-likeness (QED) is 0.624. The number of hydrogen-bond acceptors (Lipinski definition) is 2. The van der Waals surface area contributed by atoms with Gasteiger partial charge in [0.1, 0.15) is 0 Å². The summed E-state index contributed by atoms with van der Waals surface area (Å²) in [6.07, 6.45) is 15.5. The van der Waals surface area contributed by atoms with Gasteiger partial charge in [0, 0.05) is 6.42 Å². The molecular formula is C24H38O2. The average Bonchev–Trinajstić information content (AvgIpc) is 2.85. The van der Waals surface area contributed by atoms with Gasteiger partial charge in [-0.3, -0.25) is 0 Å². The summed E-state index contributed by atoms with van der Waals surface area (Å²) < 4.78 is 6.05. The summed E-state index contributed by atoms with van der Waals surface area (Å²) >= 11 is 0. The van der Waals surface area contributed by atoms with Crippen molar-refractivity contribution in [1.29, 1.82) is 0 Å². The van der Waals surface area contributed by atoms with E-state index in [1.54, 1.807) is 5.57 Å². The van der Waals surface area contributed by atoms with E-state index < -0.39 is 5.60 Å². The van der Waals surface area contributed by atoms with Gasteiger partial charge in [0.25, 0.3) is 0 Å². The maximum Gasteiger partial charge on any atom is 0.0962 e. The third kappa shape index (κ3) is 2.62. The van der Waals surface area contributed by atoms with Crippen LogP contribution in [0.1, 0.15) is 85.5 Å². The molecule has 4 aliphatic rings. The largest absolute Gasteiger partial charge is 0.498 e. The van der Waals surface area contributed by atoms with Gasteiger partial charge in [-0.1, -0.05) is 33.3 Å². The van der Waals surface area contributed by atoms with Gasteiger partial charge >= 0.3 is 0 Å². The van der Waals surface area contributed by atoms with E-state index in [4.69, 9.17) is 4.74 Å². The van der Waals surface area contributed by atoms with E-state index in [0.29, 0.717) is 11.3 Å². The highest BCUT2D eigenvalue weighted by atomic mass is 16.5. The lowest BCUT2D eigenvalue weighted by atomic mass is 9.47. The first-order valence-corrected chi connectivity index (χ1v) is 11.1. The highest BCUT2D eigenvalue weighted by Crippen LogP contribution is 2.66. The molecule has 4 rings (SSSR count). The molecular weight excluding hydrogens is 320 g/mol. The Morgan fingerprint density at radius 3 is 2.65 bits per heavy atom. The average molecular weight is 359 g/mol. The molecule has 2 fully saturated rings. The topological polar surface area (TPSA) is 29.5 Å². The third-order valence-corrected chi connectivity index (χ3v) is 9.08. The summed E-state index contributed by atoms with van der Waals surface area (Å²) in [5.41, 5.74) is 1.51. The minimum atomic E-state index is -0.472. The smallest absolute Gasteiger partial charge is 0.0962 e. The van der Waals surface area contributed by atoms with Gasteiger partial charge < -0.3 is 9.84 Å². The standard InChI is InChI=1S/C24H38O2/c1-5-6-15-26-18-9-12-22(2)17(16-18)7-8-19-20(22)10-13-23(3)21(19)11-14-24(23,4)25/h7,16,19-21,25H,5-6,8-15H2,1-4H3. The zero-order valence-electron chi connectivity index (χ0n) is 17.3. The maximum atomic E-state index is 11.0. The molecule has 0 aromatic carbocycles. The van der Waals surface area contributed by atoms with Gasteiger partial charge in [0.05, 0.1) is 18.0 Å². The minimum absolute atomic E-state index is 0.120. The SMILES string of the molecule is CCCCOC1=CC2=CCC3C(CCC4(C)C3CCC4(C)O)C2(C)CC1. The van der Waals surface area contributed by atoms with Crippen molar-refractivity contribution in [3.8, 4) is 0 Å². The van der Waals surface area contributed by atoms with Crippen LogP contribution in [-0.2, 0) is 4.74 Å². The second-order valence-corrected chi connectivity index (χ2v) is 10.3. The van der Waals surface area contributed by atoms with E-state index in [1.165, 1.54) is 44.3 Å². The molecule has 0 bridgehead atoms. The van der Waals surface area contributed by atoms with Crippen molar-refractivity contribution in [3.63, 3.8) is 0 Å². The van der Waals surface area contributed by atoms with E-state index in [1.807, 2.05) is 0 Å². The fourth-order valence-corrected chi connectivity index (χ4v) is 7.00. The Labute approximate surface area is 160 Å². The second kappa shape index (κ2) is 6.40. The minimum Gasteiger partial charge on any atom is -0.498 e. The van der Waals surface area contributed by atoms with Crippen molar-refractivity contribution in [2.45, 2.75) is 91.1 Å². The predicted octanol–water partition coefficient (Wildman–Crippen LogP) is 6.01. The van der Waals surface area contributed by atoms with Gasteiger partial charge in [-0.05, 0) is 92.1 Å². The fraction of sp³-hybridized carbons (Fsp3) is 0.833. The molecule has 1 N–H and O–H groups in total. The molecule has 0 saturated heterocycles. The lowest BCUT2D eigenvalue weighted by Gasteiger charge is -2.57. The third-order valence-electron chi connectivity index (χ3n) is 9.08. The number of hydrogen-bond donors (Lipinski definition) is 1. The van der Waals surface area contributed by atoms with Crippen LogP contribution in [-0.4, -0.2) is 17.3 Å². The number of ether oxygens (including phenoxy) is 1. The van der Waals surface area contributed by atoms with Crippen LogP contribution in [0.3, 0.4) is 0 Å². The van der Waals surface area contributed by atoms with Crippen molar-refractivity contribution >= 4 is 0 Å². The molecule has 26 heavy (non-hydrogen) atoms. The van der Waals surface area contributed by atoms with Gasteiger partial charge in [0.2, 0.25) is 0 Å². The first-order chi connectivity index (χ1) is 12.3. The number of unbranched alkanes of at least 4 members (excludes halogenated alkanes) is 1. The van der Waals surface area contributed by atoms with Crippen LogP contribution >= 0.6 is 0 Å². The summed E-state index contributed by atoms with van der Waals surface area (Å²) in [5, 5.41) is 11.0. The van der Waals surface area contributed by atoms with Crippen LogP contribution in [0, 0.1) is 28.6 Å². The molecule has 6 unspecified atom stereocenters. The lowest BCUT2D eigenvalue weighted by Crippen LogP contribution is -2.53. The Bertz CT molecular complexity index is 616. The Morgan fingerprint density at radius 2 is 1.88 bits per heavy atom. The molecule has 0 radical (unpaired) electrons. The number of allylic oxidation sites excluding steroid dienone is 4. The molecule has 0 amide bonds. The highest BCUT2D eigenvalue weighted by molar-refractivity contribution is 5.36. The van der Waals surface area contributed by atoms with E-state index in [2.05, 4.69) is 39.8 Å². The van der Waals surface area contributed by atoms with Gasteiger partial charge in [-0.2, -0.15) is 0 Å². The Morgan fingerprint density at radius 1 is 1.12 bits per heavy atom. The van der Waals surface area contributed by atoms with Crippen molar-refractivity contribution in [2.75, 3.05) is 6.61 Å². The van der Waals surface area contributed by atoms with Crippen molar-refractivity contribution < 1.29 is 9.84 Å². The van der Waals surface area contributed by atoms with E-state index >= 15 is 0 Å². The monoisotopic (exact) mass is 358 g/mol. The van der Waals surface area contributed by atoms with Gasteiger partial charge in [0.15, 0.2) is 0 Å². The van der Waals surface area contributed by atoms with Crippen molar-refractivity contribution in [1.82, 2.24) is 0 Å². The zero-order valence-corrected chi connectivity index (χ0v) is 17.3. The molecule has 0 aromatic heterocycles. The Kier molecular flexibility index (Phi) is 4.58. The Balaban J connectivity index is 1.58. The van der Waals surface area contributed by atoms with Gasteiger partial charge in [-0.15, -0.1) is 0 Å². The number of aliphatic hydroxyl groups is 1. The van der Waals surface area contributed by atoms with E-state index in [0.717, 1.165) is 37.7 Å². The van der Waals surface area contributed by atoms with E-state index in [9.17, 15) is 5.11 Å². The molecule has 4 aliphatic carbocycles. The predicted molar refractivity (Wildman–Crippen MR) is 107 cm³/mol. The molecule has 2 saturated carbocycles. The first kappa shape index (κ1) is 18.6. The fourth-order valence-electron chi connectivity index (χ4n) is 7.00. The number of fused-ring (bicyclic) bond motifs is 5. The molecule has 0 spiro atoms. The molecule has 2 heteroatoms. The molecule has 2 nitrogen and oxygen atoms in total. The molecule has 6 atom stereocenters. The van der Waals surface area contributed by atoms with Crippen LogP contribution in [0.25, 0.3) is 0 Å². The molecule has 146 valence electrons. The van der Waals surface area contributed by atoms with Crippen LogP contribution in [0.5, 0.6) is 0 Å². The van der Waals surface area contributed by atoms with Crippen LogP contribution in [0.2, 0.25) is 0 Å². The van der Waals surface area contributed by atoms with Crippen LogP contribution in [0.4, 0.5) is 0 Å². The summed E-state index contributed by atoms with van der Waals surface area (Å²) in [5.74, 6) is 3.44. The van der Waals surface area contributed by atoms with Crippen LogP contribution in [0.15, 0.2) is 23.5 Å². The normalized spacial score (nSPS) is 47.3. The van der Waals surface area contributed by atoms with Crippen LogP contribution < -0.4 is 0 Å². The highest BCUT2D eigenvalue weighted by Gasteiger charge is 2.61. The second-order valence-electron chi connectivity index (χ2n) is 10.3. The summed E-state index contributed by atoms with van der Waals surface area (Å²) in [4.78, 5) is 0. The molecule has 0 heterocycles. The van der Waals surface area contributed by atoms with Crippen molar-refractivity contribution in [3.05, 3.63) is 23.5 Å². The molecule has 0 aliphatic heterocycles. The maximum absolute atomic E-state index is 11.0. The van der Waals surface area contributed by atoms with Gasteiger partial charge in [-0.25, -0.2) is 0 Å². The first-order valence-electron chi connectivity index (χ1n) is 11.1. The summed E-state index contributed by atoms with van der Waals surface area (Å²) in [7, 11) is 0. The number of rotatable bonds is 4. The summed E-state index contributed by atoms with van der Waals surface area (Å²) in [6, 6.07) is 0. The van der Waals surface area contributed by atoms with Crippen molar-refractivity contribution in [2.24, 2.45) is 28.6 Å². The summed E-state index contributed by atoms with van der Waals surface area (Å²) in [6.45, 7) is 10.1. The molecule has 0 aromatic rings. The lowest BCUT2D eigenvalue weighted by molar-refractivity contribution is -0.112. The Hall–Kier alpha value is -0.760. The zero-order chi connectivity index (χ0) is 18.6.